The number of rotatable bonds is 3. The summed E-state index contributed by atoms with van der Waals surface area (Å²) in [6.45, 7) is 3.58. The maximum atomic E-state index is 13.1. The Morgan fingerprint density at radius 2 is 1.90 bits per heavy atom. The largest absolute Gasteiger partial charge is 0.417 e. The zero-order valence-electron chi connectivity index (χ0n) is 11.5. The summed E-state index contributed by atoms with van der Waals surface area (Å²) in [5.41, 5.74) is -1.56. The molecule has 0 atom stereocenters. The Hall–Kier alpha value is -1.41. The highest BCUT2D eigenvalue weighted by atomic mass is 79.9. The van der Waals surface area contributed by atoms with E-state index in [1.807, 2.05) is 0 Å². The lowest BCUT2D eigenvalue weighted by molar-refractivity contribution is -0.137. The zero-order chi connectivity index (χ0) is 15.8. The van der Waals surface area contributed by atoms with E-state index in [0.717, 1.165) is 6.07 Å². The summed E-state index contributed by atoms with van der Waals surface area (Å²) in [4.78, 5) is 4.07. The van der Waals surface area contributed by atoms with Gasteiger partial charge in [-0.3, -0.25) is 0 Å². The van der Waals surface area contributed by atoms with Crippen molar-refractivity contribution in [1.29, 1.82) is 0 Å². The van der Waals surface area contributed by atoms with E-state index in [-0.39, 0.29) is 17.3 Å². The number of halogens is 4. The zero-order valence-corrected chi connectivity index (χ0v) is 13.1. The molecule has 0 amide bonds. The van der Waals surface area contributed by atoms with Gasteiger partial charge in [-0.2, -0.15) is 18.2 Å². The van der Waals surface area contributed by atoms with Crippen LogP contribution in [0.15, 0.2) is 27.2 Å². The molecular formula is C13H13BrF3N3O. The van der Waals surface area contributed by atoms with E-state index in [1.54, 1.807) is 20.9 Å². The molecule has 0 saturated carbocycles. The van der Waals surface area contributed by atoms with E-state index in [0.29, 0.717) is 4.47 Å². The second-order valence-corrected chi connectivity index (χ2v) is 5.90. The summed E-state index contributed by atoms with van der Waals surface area (Å²) in [5.74, 6) is 0.129. The molecule has 0 saturated heterocycles. The van der Waals surface area contributed by atoms with Crippen molar-refractivity contribution in [2.45, 2.75) is 25.6 Å². The quantitative estimate of drug-likeness (QED) is 0.896. The molecule has 2 rings (SSSR count). The average molecular weight is 364 g/mol. The first-order valence-electron chi connectivity index (χ1n) is 6.05. The summed E-state index contributed by atoms with van der Waals surface area (Å²) in [6, 6.07) is 3.81. The van der Waals surface area contributed by atoms with E-state index in [9.17, 15) is 13.2 Å². The normalized spacial score (nSPS) is 12.7. The second-order valence-electron chi connectivity index (χ2n) is 4.99. The van der Waals surface area contributed by atoms with Crippen LogP contribution in [0.25, 0.3) is 11.4 Å². The van der Waals surface area contributed by atoms with Crippen LogP contribution in [0.5, 0.6) is 0 Å². The van der Waals surface area contributed by atoms with Gasteiger partial charge in [0.25, 0.3) is 0 Å². The number of aromatic nitrogens is 2. The second kappa shape index (κ2) is 5.42. The van der Waals surface area contributed by atoms with Crippen LogP contribution in [-0.4, -0.2) is 17.2 Å². The van der Waals surface area contributed by atoms with E-state index in [2.05, 4.69) is 31.4 Å². The standard InChI is InChI=1S/C13H13BrF3N3O/c1-12(2,18-3)11-19-10(20-21-11)8-5-4-7(14)6-9(8)13(15,16)17/h4-6,18H,1-3H3. The Morgan fingerprint density at radius 3 is 2.48 bits per heavy atom. The Kier molecular flexibility index (Phi) is 4.12. The lowest BCUT2D eigenvalue weighted by Gasteiger charge is -2.17. The predicted molar refractivity (Wildman–Crippen MR) is 74.5 cm³/mol. The maximum absolute atomic E-state index is 13.1. The minimum absolute atomic E-state index is 0.0897. The Labute approximate surface area is 127 Å². The molecule has 0 bridgehead atoms. The molecule has 0 spiro atoms. The predicted octanol–water partition coefficient (Wildman–Crippen LogP) is 3.97. The fraction of sp³-hybridized carbons (Fsp3) is 0.385. The first-order chi connectivity index (χ1) is 9.65. The Balaban J connectivity index is 2.53. The molecule has 0 radical (unpaired) electrons. The molecule has 1 aromatic heterocycles. The van der Waals surface area contributed by atoms with Gasteiger partial charge in [-0.15, -0.1) is 0 Å². The number of nitrogens with one attached hydrogen (secondary N) is 1. The van der Waals surface area contributed by atoms with Gasteiger partial charge in [0.15, 0.2) is 0 Å². The van der Waals surface area contributed by atoms with E-state index in [4.69, 9.17) is 4.52 Å². The van der Waals surface area contributed by atoms with Crippen molar-refractivity contribution in [3.63, 3.8) is 0 Å². The monoisotopic (exact) mass is 363 g/mol. The van der Waals surface area contributed by atoms with Crippen molar-refractivity contribution >= 4 is 15.9 Å². The molecule has 0 fully saturated rings. The third-order valence-corrected chi connectivity index (χ3v) is 3.61. The molecule has 0 unspecified atom stereocenters. The topological polar surface area (TPSA) is 51.0 Å². The molecule has 0 aliphatic carbocycles. The van der Waals surface area contributed by atoms with Gasteiger partial charge >= 0.3 is 6.18 Å². The molecule has 4 nitrogen and oxygen atoms in total. The molecule has 21 heavy (non-hydrogen) atoms. The van der Waals surface area contributed by atoms with Crippen LogP contribution < -0.4 is 5.32 Å². The van der Waals surface area contributed by atoms with Crippen LogP contribution in [0.2, 0.25) is 0 Å². The summed E-state index contributed by atoms with van der Waals surface area (Å²) < 4.78 is 44.7. The SMILES string of the molecule is CNC(C)(C)c1nc(-c2ccc(Br)cc2C(F)(F)F)no1. The van der Waals surface area contributed by atoms with Crippen LogP contribution in [0.4, 0.5) is 13.2 Å². The molecule has 8 heteroatoms. The van der Waals surface area contributed by atoms with Crippen molar-refractivity contribution in [2.24, 2.45) is 0 Å². The van der Waals surface area contributed by atoms with Crippen LogP contribution in [0, 0.1) is 0 Å². The third-order valence-electron chi connectivity index (χ3n) is 3.11. The van der Waals surface area contributed by atoms with Gasteiger partial charge in [-0.1, -0.05) is 21.1 Å². The summed E-state index contributed by atoms with van der Waals surface area (Å²) in [5, 5.41) is 6.61. The van der Waals surface area contributed by atoms with Gasteiger partial charge in [0.05, 0.1) is 11.1 Å². The summed E-state index contributed by atoms with van der Waals surface area (Å²) in [7, 11) is 1.70. The van der Waals surface area contributed by atoms with E-state index >= 15 is 0 Å². The van der Waals surface area contributed by atoms with Gasteiger partial charge in [-0.25, -0.2) is 0 Å². The highest BCUT2D eigenvalue weighted by molar-refractivity contribution is 9.10. The summed E-state index contributed by atoms with van der Waals surface area (Å²) in [6.07, 6.45) is -4.50. The molecule has 1 aromatic carbocycles. The molecule has 2 aromatic rings. The lowest BCUT2D eigenvalue weighted by atomic mass is 10.1. The number of hydrogen-bond donors (Lipinski definition) is 1. The molecule has 1 heterocycles. The van der Waals surface area contributed by atoms with Crippen LogP contribution in [0.1, 0.15) is 25.3 Å². The average Bonchev–Trinajstić information content (AvgIpc) is 2.88. The van der Waals surface area contributed by atoms with Crippen molar-refractivity contribution in [2.75, 3.05) is 7.05 Å². The highest BCUT2D eigenvalue weighted by Gasteiger charge is 2.35. The van der Waals surface area contributed by atoms with Crippen molar-refractivity contribution in [3.8, 4) is 11.4 Å². The van der Waals surface area contributed by atoms with Gasteiger partial charge in [-0.05, 0) is 39.1 Å². The van der Waals surface area contributed by atoms with Gasteiger partial charge in [0.2, 0.25) is 11.7 Å². The molecular weight excluding hydrogens is 351 g/mol. The smallest absolute Gasteiger partial charge is 0.337 e. The number of alkyl halides is 3. The van der Waals surface area contributed by atoms with Gasteiger partial charge in [0.1, 0.15) is 0 Å². The number of nitrogens with zero attached hydrogens (tertiary/aromatic N) is 2. The van der Waals surface area contributed by atoms with Crippen LogP contribution in [-0.2, 0) is 11.7 Å². The minimum Gasteiger partial charge on any atom is -0.337 e. The molecule has 0 aliphatic heterocycles. The Morgan fingerprint density at radius 1 is 1.24 bits per heavy atom. The fourth-order valence-corrected chi connectivity index (χ4v) is 2.00. The van der Waals surface area contributed by atoms with Crippen molar-refractivity contribution in [3.05, 3.63) is 34.1 Å². The molecule has 0 aliphatic rings. The first kappa shape index (κ1) is 16.0. The van der Waals surface area contributed by atoms with Crippen molar-refractivity contribution in [1.82, 2.24) is 15.5 Å². The molecule has 114 valence electrons. The Bertz CT molecular complexity index is 652. The third kappa shape index (κ3) is 3.26. The first-order valence-corrected chi connectivity index (χ1v) is 6.84. The number of hydrogen-bond acceptors (Lipinski definition) is 4. The highest BCUT2D eigenvalue weighted by Crippen LogP contribution is 2.38. The minimum atomic E-state index is -4.50. The van der Waals surface area contributed by atoms with Crippen molar-refractivity contribution < 1.29 is 17.7 Å². The number of benzene rings is 1. The van der Waals surface area contributed by atoms with Crippen LogP contribution in [0.3, 0.4) is 0 Å². The van der Waals surface area contributed by atoms with E-state index < -0.39 is 17.3 Å². The van der Waals surface area contributed by atoms with Gasteiger partial charge in [0, 0.05) is 10.0 Å². The van der Waals surface area contributed by atoms with Gasteiger partial charge < -0.3 is 9.84 Å². The maximum Gasteiger partial charge on any atom is 0.417 e. The lowest BCUT2D eigenvalue weighted by Crippen LogP contribution is -2.33. The van der Waals surface area contributed by atoms with Crippen LogP contribution >= 0.6 is 15.9 Å². The van der Waals surface area contributed by atoms with E-state index in [1.165, 1.54) is 12.1 Å². The molecule has 1 N–H and O–H groups in total. The summed E-state index contributed by atoms with van der Waals surface area (Å²) >= 11 is 3.04. The fourth-order valence-electron chi connectivity index (χ4n) is 1.64.